The fourth-order valence-corrected chi connectivity index (χ4v) is 4.74. The van der Waals surface area contributed by atoms with Crippen LogP contribution in [0.4, 0.5) is 0 Å². The summed E-state index contributed by atoms with van der Waals surface area (Å²) >= 11 is 0. The molecule has 5 aromatic rings. The van der Waals surface area contributed by atoms with Crippen molar-refractivity contribution in [2.45, 2.75) is 40.5 Å². The molecule has 2 heterocycles. The Kier molecular flexibility index (Phi) is 4.66. The third-order valence-electron chi connectivity index (χ3n) is 6.19. The Labute approximate surface area is 183 Å². The van der Waals surface area contributed by atoms with Crippen molar-refractivity contribution in [1.29, 1.82) is 0 Å². The Morgan fingerprint density at radius 3 is 2.32 bits per heavy atom. The summed E-state index contributed by atoms with van der Waals surface area (Å²) in [5, 5.41) is 2.27. The number of furan rings is 1. The van der Waals surface area contributed by atoms with Gasteiger partial charge in [0.05, 0.1) is 5.69 Å². The molecule has 0 unspecified atom stereocenters. The van der Waals surface area contributed by atoms with Crippen molar-refractivity contribution in [3.8, 4) is 22.4 Å². The maximum Gasteiger partial charge on any atom is 0.144 e. The normalized spacial score (nSPS) is 11.7. The molecule has 0 amide bonds. The molecule has 3 aromatic carbocycles. The second-order valence-electron chi connectivity index (χ2n) is 8.90. The highest BCUT2D eigenvalue weighted by Gasteiger charge is 2.15. The molecule has 0 spiro atoms. The van der Waals surface area contributed by atoms with E-state index in [-0.39, 0.29) is 0 Å². The van der Waals surface area contributed by atoms with E-state index < -0.39 is 0 Å². The Hall–Kier alpha value is -3.39. The van der Waals surface area contributed by atoms with E-state index in [1.807, 2.05) is 6.20 Å². The van der Waals surface area contributed by atoms with E-state index in [0.717, 1.165) is 33.2 Å². The number of aromatic nitrogens is 1. The smallest absolute Gasteiger partial charge is 0.144 e. The maximum absolute atomic E-state index is 6.46. The summed E-state index contributed by atoms with van der Waals surface area (Å²) in [5.74, 6) is 0.458. The summed E-state index contributed by atoms with van der Waals surface area (Å²) in [6, 6.07) is 21.7. The average molecular weight is 406 g/mol. The van der Waals surface area contributed by atoms with Gasteiger partial charge in [0, 0.05) is 22.5 Å². The van der Waals surface area contributed by atoms with Gasteiger partial charge in [-0.25, -0.2) is 0 Å². The fourth-order valence-electron chi connectivity index (χ4n) is 4.74. The van der Waals surface area contributed by atoms with Gasteiger partial charge in [0.1, 0.15) is 11.2 Å². The van der Waals surface area contributed by atoms with Crippen LogP contribution in [0.25, 0.3) is 44.3 Å². The number of hydrogen-bond donors (Lipinski definition) is 0. The second kappa shape index (κ2) is 7.39. The molecule has 0 N–H and O–H groups in total. The summed E-state index contributed by atoms with van der Waals surface area (Å²) in [6.45, 7) is 10.9. The van der Waals surface area contributed by atoms with E-state index in [0.29, 0.717) is 5.92 Å². The summed E-state index contributed by atoms with van der Waals surface area (Å²) < 4.78 is 6.46. The molecule has 2 aromatic heterocycles. The first kappa shape index (κ1) is 19.6. The van der Waals surface area contributed by atoms with Gasteiger partial charge in [-0.1, -0.05) is 49.7 Å². The predicted molar refractivity (Wildman–Crippen MR) is 131 cm³/mol. The SMILES string of the molecule is Cc1cc(C)c(-c2ccc3c(c2)oc2c(-c4cc(C(C)C)ccn4)cccc23)c(C)c1. The van der Waals surface area contributed by atoms with Gasteiger partial charge in [0.25, 0.3) is 0 Å². The zero-order valence-corrected chi connectivity index (χ0v) is 18.8. The molecule has 2 heteroatoms. The lowest BCUT2D eigenvalue weighted by molar-refractivity contribution is 0.670. The molecular formula is C29H27NO. The predicted octanol–water partition coefficient (Wildman–Crippen LogP) is 8.36. The van der Waals surface area contributed by atoms with Gasteiger partial charge in [-0.2, -0.15) is 0 Å². The van der Waals surface area contributed by atoms with Crippen molar-refractivity contribution in [3.63, 3.8) is 0 Å². The van der Waals surface area contributed by atoms with Crippen LogP contribution in [-0.4, -0.2) is 4.98 Å². The molecule has 0 radical (unpaired) electrons. The lowest BCUT2D eigenvalue weighted by atomic mass is 9.93. The molecule has 0 saturated heterocycles. The van der Waals surface area contributed by atoms with Gasteiger partial charge in [0.15, 0.2) is 0 Å². The number of pyridine rings is 1. The molecule has 0 atom stereocenters. The number of rotatable bonds is 3. The first-order valence-corrected chi connectivity index (χ1v) is 10.9. The minimum Gasteiger partial charge on any atom is -0.455 e. The molecule has 0 aliphatic carbocycles. The zero-order valence-electron chi connectivity index (χ0n) is 18.8. The molecule has 5 rings (SSSR count). The standard InChI is InChI=1S/C29H27NO/c1-17(2)21-11-12-30-26(15-21)25-8-6-7-24-23-10-9-22(16-27(23)31-29(24)25)28-19(4)13-18(3)14-20(28)5/h6-17H,1-5H3. The maximum atomic E-state index is 6.46. The molecule has 154 valence electrons. The van der Waals surface area contributed by atoms with Crippen LogP contribution in [0.3, 0.4) is 0 Å². The van der Waals surface area contributed by atoms with Crippen LogP contribution >= 0.6 is 0 Å². The van der Waals surface area contributed by atoms with Crippen molar-refractivity contribution in [2.75, 3.05) is 0 Å². The Bertz CT molecular complexity index is 1420. The van der Waals surface area contributed by atoms with Crippen LogP contribution in [0.15, 0.2) is 71.3 Å². The van der Waals surface area contributed by atoms with Crippen LogP contribution < -0.4 is 0 Å². The highest BCUT2D eigenvalue weighted by atomic mass is 16.3. The molecular weight excluding hydrogens is 378 g/mol. The summed E-state index contributed by atoms with van der Waals surface area (Å²) in [6.07, 6.45) is 1.90. The van der Waals surface area contributed by atoms with Gasteiger partial charge in [0.2, 0.25) is 0 Å². The average Bonchev–Trinajstić information content (AvgIpc) is 3.11. The van der Waals surface area contributed by atoms with Gasteiger partial charge in [-0.15, -0.1) is 0 Å². The molecule has 0 saturated carbocycles. The number of aryl methyl sites for hydroxylation is 3. The molecule has 0 aliphatic heterocycles. The largest absolute Gasteiger partial charge is 0.455 e. The quantitative estimate of drug-likeness (QED) is 0.301. The minimum absolute atomic E-state index is 0.458. The van der Waals surface area contributed by atoms with Crippen molar-refractivity contribution in [3.05, 3.63) is 89.1 Å². The molecule has 0 aliphatic rings. The van der Waals surface area contributed by atoms with E-state index in [1.165, 1.54) is 33.4 Å². The van der Waals surface area contributed by atoms with E-state index in [9.17, 15) is 0 Å². The third kappa shape index (κ3) is 3.33. The number of para-hydroxylation sites is 1. The summed E-state index contributed by atoms with van der Waals surface area (Å²) in [7, 11) is 0. The number of hydrogen-bond acceptors (Lipinski definition) is 2. The topological polar surface area (TPSA) is 26.0 Å². The van der Waals surface area contributed by atoms with Crippen LogP contribution in [-0.2, 0) is 0 Å². The molecule has 2 nitrogen and oxygen atoms in total. The van der Waals surface area contributed by atoms with Crippen molar-refractivity contribution in [2.24, 2.45) is 0 Å². The Balaban J connectivity index is 1.71. The number of benzene rings is 3. The van der Waals surface area contributed by atoms with Crippen LogP contribution in [0.1, 0.15) is 42.0 Å². The monoisotopic (exact) mass is 405 g/mol. The van der Waals surface area contributed by atoms with Crippen LogP contribution in [0.5, 0.6) is 0 Å². The van der Waals surface area contributed by atoms with Gasteiger partial charge in [-0.3, -0.25) is 4.98 Å². The Morgan fingerprint density at radius 1 is 0.806 bits per heavy atom. The minimum atomic E-state index is 0.458. The first-order valence-electron chi connectivity index (χ1n) is 10.9. The summed E-state index contributed by atoms with van der Waals surface area (Å²) in [4.78, 5) is 4.65. The van der Waals surface area contributed by atoms with Crippen LogP contribution in [0.2, 0.25) is 0 Å². The Morgan fingerprint density at radius 2 is 1.58 bits per heavy atom. The van der Waals surface area contributed by atoms with Gasteiger partial charge < -0.3 is 4.42 Å². The molecule has 0 fully saturated rings. The lowest BCUT2D eigenvalue weighted by Gasteiger charge is -2.11. The van der Waals surface area contributed by atoms with Gasteiger partial charge in [-0.05, 0) is 84.8 Å². The first-order chi connectivity index (χ1) is 14.9. The van der Waals surface area contributed by atoms with Crippen LogP contribution in [0, 0.1) is 20.8 Å². The third-order valence-corrected chi connectivity index (χ3v) is 6.19. The summed E-state index contributed by atoms with van der Waals surface area (Å²) in [5.41, 5.74) is 11.5. The van der Waals surface area contributed by atoms with Gasteiger partial charge >= 0.3 is 0 Å². The second-order valence-corrected chi connectivity index (χ2v) is 8.90. The van der Waals surface area contributed by atoms with Crippen molar-refractivity contribution >= 4 is 21.9 Å². The number of fused-ring (bicyclic) bond motifs is 3. The molecule has 0 bridgehead atoms. The lowest BCUT2D eigenvalue weighted by Crippen LogP contribution is -1.90. The van der Waals surface area contributed by atoms with E-state index in [1.54, 1.807) is 0 Å². The van der Waals surface area contributed by atoms with Crippen molar-refractivity contribution in [1.82, 2.24) is 4.98 Å². The molecule has 31 heavy (non-hydrogen) atoms. The number of nitrogens with zero attached hydrogens (tertiary/aromatic N) is 1. The van der Waals surface area contributed by atoms with E-state index in [2.05, 4.69) is 100 Å². The van der Waals surface area contributed by atoms with Crippen molar-refractivity contribution < 1.29 is 4.42 Å². The fraction of sp³-hybridized carbons (Fsp3) is 0.207. The zero-order chi connectivity index (χ0) is 21.7. The van der Waals surface area contributed by atoms with E-state index in [4.69, 9.17) is 4.42 Å². The highest BCUT2D eigenvalue weighted by molar-refractivity contribution is 6.10. The van der Waals surface area contributed by atoms with E-state index >= 15 is 0 Å². The highest BCUT2D eigenvalue weighted by Crippen LogP contribution is 2.38.